The molecule has 0 unspecified atom stereocenters. The van der Waals surface area contributed by atoms with E-state index in [9.17, 15) is 0 Å². The molecule has 0 aliphatic carbocycles. The maximum absolute atomic E-state index is 5.33. The van der Waals surface area contributed by atoms with Crippen LogP contribution in [0.5, 0.6) is 0 Å². The SMILES string of the molecule is Brc1cnc2c(N3CCOCC3)nncc2c1. The van der Waals surface area contributed by atoms with Gasteiger partial charge < -0.3 is 9.64 Å². The Hall–Kier alpha value is -1.27. The summed E-state index contributed by atoms with van der Waals surface area (Å²) in [5.41, 5.74) is 0.894. The molecule has 88 valence electrons. The van der Waals surface area contributed by atoms with Crippen LogP contribution in [0.3, 0.4) is 0 Å². The second-order valence-corrected chi connectivity index (χ2v) is 4.77. The van der Waals surface area contributed by atoms with E-state index in [0.717, 1.165) is 47.5 Å². The summed E-state index contributed by atoms with van der Waals surface area (Å²) in [6, 6.07) is 2.00. The van der Waals surface area contributed by atoms with Crippen LogP contribution in [-0.4, -0.2) is 41.5 Å². The zero-order chi connectivity index (χ0) is 11.7. The Balaban J connectivity index is 2.09. The molecule has 1 aliphatic rings. The second kappa shape index (κ2) is 4.54. The Kier molecular flexibility index (Phi) is 2.90. The summed E-state index contributed by atoms with van der Waals surface area (Å²) in [6.45, 7) is 3.14. The molecule has 0 N–H and O–H groups in total. The number of morpholine rings is 1. The smallest absolute Gasteiger partial charge is 0.177 e. The summed E-state index contributed by atoms with van der Waals surface area (Å²) in [7, 11) is 0. The number of fused-ring (bicyclic) bond motifs is 1. The fraction of sp³-hybridized carbons (Fsp3) is 0.364. The molecule has 0 atom stereocenters. The minimum absolute atomic E-state index is 0.731. The lowest BCUT2D eigenvalue weighted by Crippen LogP contribution is -2.37. The predicted octanol–water partition coefficient (Wildman–Crippen LogP) is 1.62. The summed E-state index contributed by atoms with van der Waals surface area (Å²) < 4.78 is 6.28. The van der Waals surface area contributed by atoms with Gasteiger partial charge in [0.05, 0.1) is 19.4 Å². The standard InChI is InChI=1S/C11H11BrN4O/c12-9-5-8-6-14-15-11(10(8)13-7-9)16-1-3-17-4-2-16/h5-7H,1-4H2. The van der Waals surface area contributed by atoms with Crippen molar-refractivity contribution in [1.29, 1.82) is 0 Å². The minimum atomic E-state index is 0.731. The first-order valence-electron chi connectivity index (χ1n) is 5.44. The first kappa shape index (κ1) is 10.9. The zero-order valence-corrected chi connectivity index (χ0v) is 10.7. The van der Waals surface area contributed by atoms with Gasteiger partial charge in [0.15, 0.2) is 5.82 Å². The van der Waals surface area contributed by atoms with Crippen molar-refractivity contribution in [3.8, 4) is 0 Å². The summed E-state index contributed by atoms with van der Waals surface area (Å²) in [5, 5.41) is 9.23. The molecule has 3 rings (SSSR count). The van der Waals surface area contributed by atoms with Gasteiger partial charge >= 0.3 is 0 Å². The zero-order valence-electron chi connectivity index (χ0n) is 9.14. The van der Waals surface area contributed by atoms with Crippen LogP contribution in [0, 0.1) is 0 Å². The first-order chi connectivity index (χ1) is 8.34. The highest BCUT2D eigenvalue weighted by molar-refractivity contribution is 9.10. The van der Waals surface area contributed by atoms with E-state index in [2.05, 4.69) is 36.0 Å². The molecule has 0 aromatic carbocycles. The van der Waals surface area contributed by atoms with E-state index in [1.54, 1.807) is 12.4 Å². The molecule has 17 heavy (non-hydrogen) atoms. The number of ether oxygens (including phenoxy) is 1. The Bertz CT molecular complexity index is 542. The van der Waals surface area contributed by atoms with Crippen molar-refractivity contribution < 1.29 is 4.74 Å². The van der Waals surface area contributed by atoms with E-state index in [-0.39, 0.29) is 0 Å². The lowest BCUT2D eigenvalue weighted by Gasteiger charge is -2.27. The van der Waals surface area contributed by atoms with Crippen LogP contribution in [-0.2, 0) is 4.74 Å². The molecule has 1 saturated heterocycles. The Morgan fingerprint density at radius 2 is 2.06 bits per heavy atom. The Morgan fingerprint density at radius 3 is 2.88 bits per heavy atom. The normalized spacial score (nSPS) is 16.4. The van der Waals surface area contributed by atoms with Gasteiger partial charge in [0.2, 0.25) is 0 Å². The Labute approximate surface area is 107 Å². The van der Waals surface area contributed by atoms with Gasteiger partial charge in [-0.1, -0.05) is 0 Å². The third-order valence-electron chi connectivity index (χ3n) is 2.76. The highest BCUT2D eigenvalue weighted by Crippen LogP contribution is 2.24. The van der Waals surface area contributed by atoms with Gasteiger partial charge in [-0.25, -0.2) is 0 Å². The molecule has 3 heterocycles. The van der Waals surface area contributed by atoms with E-state index in [4.69, 9.17) is 4.74 Å². The van der Waals surface area contributed by atoms with Crippen molar-refractivity contribution in [3.05, 3.63) is 22.9 Å². The van der Waals surface area contributed by atoms with Gasteiger partial charge in [0.1, 0.15) is 5.52 Å². The second-order valence-electron chi connectivity index (χ2n) is 3.86. The van der Waals surface area contributed by atoms with Crippen LogP contribution in [0.25, 0.3) is 10.9 Å². The van der Waals surface area contributed by atoms with Crippen molar-refractivity contribution in [2.45, 2.75) is 0 Å². The Morgan fingerprint density at radius 1 is 1.24 bits per heavy atom. The molecule has 2 aromatic rings. The summed E-state index contributed by atoms with van der Waals surface area (Å²) in [4.78, 5) is 6.59. The number of anilines is 1. The van der Waals surface area contributed by atoms with Crippen LogP contribution in [0.1, 0.15) is 0 Å². The fourth-order valence-electron chi connectivity index (χ4n) is 1.92. The van der Waals surface area contributed by atoms with Crippen molar-refractivity contribution in [2.75, 3.05) is 31.2 Å². The number of pyridine rings is 1. The predicted molar refractivity (Wildman–Crippen MR) is 68.1 cm³/mol. The maximum Gasteiger partial charge on any atom is 0.177 e. The number of aromatic nitrogens is 3. The molecular formula is C11H11BrN4O. The van der Waals surface area contributed by atoms with Gasteiger partial charge in [0.25, 0.3) is 0 Å². The van der Waals surface area contributed by atoms with Crippen LogP contribution in [0.2, 0.25) is 0 Å². The summed E-state index contributed by atoms with van der Waals surface area (Å²) in [6.07, 6.45) is 3.52. The molecule has 0 bridgehead atoms. The van der Waals surface area contributed by atoms with Crippen LogP contribution < -0.4 is 4.90 Å². The van der Waals surface area contributed by atoms with Crippen molar-refractivity contribution in [3.63, 3.8) is 0 Å². The number of halogens is 1. The quantitative estimate of drug-likeness (QED) is 0.800. The highest BCUT2D eigenvalue weighted by atomic mass is 79.9. The lowest BCUT2D eigenvalue weighted by molar-refractivity contribution is 0.122. The third-order valence-corrected chi connectivity index (χ3v) is 3.19. The molecule has 0 amide bonds. The lowest BCUT2D eigenvalue weighted by atomic mass is 10.2. The van der Waals surface area contributed by atoms with E-state index >= 15 is 0 Å². The molecule has 1 aliphatic heterocycles. The molecular weight excluding hydrogens is 284 g/mol. The molecule has 6 heteroatoms. The maximum atomic E-state index is 5.33. The van der Waals surface area contributed by atoms with Crippen molar-refractivity contribution >= 4 is 32.7 Å². The van der Waals surface area contributed by atoms with Crippen molar-refractivity contribution in [1.82, 2.24) is 15.2 Å². The molecule has 0 radical (unpaired) electrons. The van der Waals surface area contributed by atoms with E-state index < -0.39 is 0 Å². The monoisotopic (exact) mass is 294 g/mol. The van der Waals surface area contributed by atoms with E-state index in [1.807, 2.05) is 6.07 Å². The van der Waals surface area contributed by atoms with E-state index in [1.165, 1.54) is 0 Å². The van der Waals surface area contributed by atoms with Gasteiger partial charge in [-0.05, 0) is 22.0 Å². The van der Waals surface area contributed by atoms with Gasteiger partial charge in [-0.2, -0.15) is 5.10 Å². The number of nitrogens with zero attached hydrogens (tertiary/aromatic N) is 4. The van der Waals surface area contributed by atoms with Crippen molar-refractivity contribution in [2.24, 2.45) is 0 Å². The topological polar surface area (TPSA) is 51.1 Å². The van der Waals surface area contributed by atoms with Gasteiger partial charge in [0, 0.05) is 29.1 Å². The number of hydrogen-bond acceptors (Lipinski definition) is 5. The van der Waals surface area contributed by atoms with Gasteiger partial charge in [-0.3, -0.25) is 4.98 Å². The molecule has 0 spiro atoms. The molecule has 5 nitrogen and oxygen atoms in total. The molecule has 0 saturated carbocycles. The summed E-state index contributed by atoms with van der Waals surface area (Å²) >= 11 is 3.41. The first-order valence-corrected chi connectivity index (χ1v) is 6.23. The summed E-state index contributed by atoms with van der Waals surface area (Å²) in [5.74, 6) is 0.846. The molecule has 2 aromatic heterocycles. The average Bonchev–Trinajstić information content (AvgIpc) is 2.39. The average molecular weight is 295 g/mol. The number of hydrogen-bond donors (Lipinski definition) is 0. The number of rotatable bonds is 1. The highest BCUT2D eigenvalue weighted by Gasteiger charge is 2.16. The van der Waals surface area contributed by atoms with Gasteiger partial charge in [-0.15, -0.1) is 5.10 Å². The third kappa shape index (κ3) is 2.10. The fourth-order valence-corrected chi connectivity index (χ4v) is 2.27. The van der Waals surface area contributed by atoms with E-state index in [0.29, 0.717) is 0 Å². The molecule has 1 fully saturated rings. The van der Waals surface area contributed by atoms with Crippen LogP contribution in [0.15, 0.2) is 22.9 Å². The van der Waals surface area contributed by atoms with Crippen LogP contribution >= 0.6 is 15.9 Å². The minimum Gasteiger partial charge on any atom is -0.378 e. The van der Waals surface area contributed by atoms with Crippen LogP contribution in [0.4, 0.5) is 5.82 Å². The largest absolute Gasteiger partial charge is 0.378 e.